The number of hydrogen-bond donors (Lipinski definition) is 4. The number of fused-ring (bicyclic) bond motifs is 1. The zero-order valence-corrected chi connectivity index (χ0v) is 16.2. The summed E-state index contributed by atoms with van der Waals surface area (Å²) in [6.07, 6.45) is 0. The van der Waals surface area contributed by atoms with E-state index in [1.807, 2.05) is 0 Å². The number of anilines is 1. The van der Waals surface area contributed by atoms with Crippen molar-refractivity contribution in [1.29, 1.82) is 0 Å². The molecule has 8 nitrogen and oxygen atoms in total. The van der Waals surface area contributed by atoms with Gasteiger partial charge in [-0.2, -0.15) is 16.8 Å². The predicted octanol–water partition coefficient (Wildman–Crippen LogP) is 0.608. The molecule has 5 N–H and O–H groups in total. The Balaban J connectivity index is 0.00000264. The fourth-order valence-electron chi connectivity index (χ4n) is 1.87. The van der Waals surface area contributed by atoms with Crippen molar-refractivity contribution in [1.82, 2.24) is 0 Å². The zero-order valence-electron chi connectivity index (χ0n) is 11.7. The van der Waals surface area contributed by atoms with Crippen LogP contribution in [-0.4, -0.2) is 60.6 Å². The Morgan fingerprint density at radius 3 is 2.00 bits per heavy atom. The molecule has 1 radical (unpaired) electrons. The van der Waals surface area contributed by atoms with E-state index in [-0.39, 0.29) is 45.7 Å². The van der Waals surface area contributed by atoms with Crippen molar-refractivity contribution in [3.8, 4) is 0 Å². The molecule has 0 amide bonds. The number of hydrogen-bond acceptors (Lipinski definition) is 5. The standard InChI is InChI=1S/C11H10N2O6S3.Na/c12-11(20)13-10-5-8(22(17,18)19)4-6-3-7(21(14,15)16)1-2-9(6)10;/h1-5H,(H3,12,13,20)(H,14,15,16)(H,17,18,19);. The molecule has 0 heterocycles. The maximum atomic E-state index is 11.3. The van der Waals surface area contributed by atoms with E-state index in [9.17, 15) is 16.8 Å². The molecule has 2 aromatic rings. The maximum Gasteiger partial charge on any atom is 0.294 e. The molecule has 2 rings (SSSR count). The maximum absolute atomic E-state index is 11.3. The van der Waals surface area contributed by atoms with Crippen molar-refractivity contribution in [2.75, 3.05) is 5.32 Å². The van der Waals surface area contributed by atoms with E-state index in [1.165, 1.54) is 6.07 Å². The van der Waals surface area contributed by atoms with Gasteiger partial charge in [0, 0.05) is 40.6 Å². The van der Waals surface area contributed by atoms with Gasteiger partial charge in [-0.15, -0.1) is 0 Å². The Hall–Kier alpha value is -0.790. The molecule has 0 aliphatic heterocycles. The van der Waals surface area contributed by atoms with E-state index in [0.29, 0.717) is 5.39 Å². The summed E-state index contributed by atoms with van der Waals surface area (Å²) in [7, 11) is -9.00. The van der Waals surface area contributed by atoms with Crippen LogP contribution in [-0.2, 0) is 20.2 Å². The van der Waals surface area contributed by atoms with Gasteiger partial charge in [0.15, 0.2) is 5.11 Å². The molecule has 0 spiro atoms. The van der Waals surface area contributed by atoms with E-state index in [2.05, 4.69) is 17.5 Å². The summed E-state index contributed by atoms with van der Waals surface area (Å²) >= 11 is 4.68. The average molecular weight is 385 g/mol. The second kappa shape index (κ2) is 6.99. The molecule has 0 atom stereocenters. The summed E-state index contributed by atoms with van der Waals surface area (Å²) in [5, 5.41) is 2.93. The van der Waals surface area contributed by atoms with Crippen molar-refractivity contribution in [3.05, 3.63) is 30.3 Å². The number of nitrogens with two attached hydrogens (primary N) is 1. The molecule has 0 aliphatic carbocycles. The minimum absolute atomic E-state index is 0. The largest absolute Gasteiger partial charge is 0.376 e. The molecule has 23 heavy (non-hydrogen) atoms. The van der Waals surface area contributed by atoms with E-state index in [1.54, 1.807) is 0 Å². The Morgan fingerprint density at radius 1 is 1.00 bits per heavy atom. The van der Waals surface area contributed by atoms with E-state index in [4.69, 9.17) is 14.8 Å². The molecule has 0 saturated carbocycles. The number of benzene rings is 2. The van der Waals surface area contributed by atoms with Crippen LogP contribution in [0.25, 0.3) is 10.8 Å². The third-order valence-corrected chi connectivity index (χ3v) is 4.53. The van der Waals surface area contributed by atoms with Gasteiger partial charge >= 0.3 is 0 Å². The normalized spacial score (nSPS) is 11.7. The van der Waals surface area contributed by atoms with Crippen molar-refractivity contribution < 1.29 is 25.9 Å². The smallest absolute Gasteiger partial charge is 0.294 e. The summed E-state index contributed by atoms with van der Waals surface area (Å²) in [6, 6.07) is 5.69. The van der Waals surface area contributed by atoms with Gasteiger partial charge in [-0.3, -0.25) is 9.11 Å². The quantitative estimate of drug-likeness (QED) is 0.339. The number of nitrogens with one attached hydrogen (secondary N) is 1. The zero-order chi connectivity index (χ0) is 16.7. The Morgan fingerprint density at radius 2 is 1.52 bits per heavy atom. The molecule has 119 valence electrons. The molecule has 0 bridgehead atoms. The monoisotopic (exact) mass is 385 g/mol. The third-order valence-electron chi connectivity index (χ3n) is 2.75. The topological polar surface area (TPSA) is 147 Å². The van der Waals surface area contributed by atoms with Crippen LogP contribution in [0, 0.1) is 0 Å². The second-order valence-corrected chi connectivity index (χ2v) is 7.58. The van der Waals surface area contributed by atoms with Gasteiger partial charge in [0.2, 0.25) is 0 Å². The van der Waals surface area contributed by atoms with E-state index < -0.39 is 30.0 Å². The van der Waals surface area contributed by atoms with Gasteiger partial charge in [0.1, 0.15) is 0 Å². The van der Waals surface area contributed by atoms with E-state index >= 15 is 0 Å². The predicted molar refractivity (Wildman–Crippen MR) is 89.7 cm³/mol. The molecule has 2 aromatic carbocycles. The van der Waals surface area contributed by atoms with Crippen molar-refractivity contribution in [2.24, 2.45) is 5.73 Å². The Kier molecular flexibility index (Phi) is 6.15. The summed E-state index contributed by atoms with van der Waals surface area (Å²) in [4.78, 5) is -0.903. The number of thiocarbonyl (C=S) groups is 1. The molecule has 12 heteroatoms. The first kappa shape index (κ1) is 20.3. The minimum atomic E-state index is -4.54. The van der Waals surface area contributed by atoms with E-state index in [0.717, 1.165) is 24.3 Å². The van der Waals surface area contributed by atoms with Crippen LogP contribution < -0.4 is 11.1 Å². The molecule has 0 fully saturated rings. The van der Waals surface area contributed by atoms with Crippen molar-refractivity contribution in [2.45, 2.75) is 9.79 Å². The first-order valence-electron chi connectivity index (χ1n) is 5.58. The molecule has 0 aromatic heterocycles. The number of rotatable bonds is 3. The second-order valence-electron chi connectivity index (χ2n) is 4.29. The molecular weight excluding hydrogens is 375 g/mol. The van der Waals surface area contributed by atoms with Gasteiger partial charge in [-0.05, 0) is 41.9 Å². The fraction of sp³-hybridized carbons (Fsp3) is 0. The molecular formula is C11H10N2NaO6S3. The van der Waals surface area contributed by atoms with Crippen molar-refractivity contribution in [3.63, 3.8) is 0 Å². The van der Waals surface area contributed by atoms with Crippen LogP contribution in [0.15, 0.2) is 40.1 Å². The van der Waals surface area contributed by atoms with Crippen LogP contribution in [0.3, 0.4) is 0 Å². The van der Waals surface area contributed by atoms with Crippen LogP contribution in [0.4, 0.5) is 5.69 Å². The van der Waals surface area contributed by atoms with Crippen LogP contribution in [0.2, 0.25) is 0 Å². The molecule has 0 saturated heterocycles. The Labute approximate surface area is 159 Å². The molecule has 0 unspecified atom stereocenters. The summed E-state index contributed by atoms with van der Waals surface area (Å²) in [5.74, 6) is 0. The van der Waals surface area contributed by atoms with Gasteiger partial charge < -0.3 is 11.1 Å². The minimum Gasteiger partial charge on any atom is -0.376 e. The molecule has 0 aliphatic rings. The third kappa shape index (κ3) is 4.84. The van der Waals surface area contributed by atoms with Gasteiger partial charge in [-0.1, -0.05) is 6.07 Å². The average Bonchev–Trinajstić information content (AvgIpc) is 2.35. The Bertz CT molecular complexity index is 983. The van der Waals surface area contributed by atoms with Crippen molar-refractivity contribution >= 4 is 83.6 Å². The SMILES string of the molecule is NC(=S)Nc1cc(S(=O)(=O)O)cc2cc(S(=O)(=O)O)ccc12.[Na]. The summed E-state index contributed by atoms with van der Waals surface area (Å²) < 4.78 is 63.1. The van der Waals surface area contributed by atoms with Gasteiger partial charge in [-0.25, -0.2) is 0 Å². The van der Waals surface area contributed by atoms with Crippen LogP contribution >= 0.6 is 12.2 Å². The van der Waals surface area contributed by atoms with Crippen LogP contribution in [0.5, 0.6) is 0 Å². The summed E-state index contributed by atoms with van der Waals surface area (Å²) in [5.41, 5.74) is 5.51. The van der Waals surface area contributed by atoms with Gasteiger partial charge in [0.25, 0.3) is 20.2 Å². The fourth-order valence-corrected chi connectivity index (χ4v) is 3.03. The van der Waals surface area contributed by atoms with Gasteiger partial charge in [0.05, 0.1) is 9.79 Å². The first-order valence-corrected chi connectivity index (χ1v) is 8.86. The van der Waals surface area contributed by atoms with Crippen LogP contribution in [0.1, 0.15) is 0 Å². The first-order chi connectivity index (χ1) is 9.98. The summed E-state index contributed by atoms with van der Waals surface area (Å²) in [6.45, 7) is 0.